The monoisotopic (exact) mass is 289 g/mol. The normalized spacial score (nSPS) is 10.4. The number of amides is 1. The van der Waals surface area contributed by atoms with Crippen molar-refractivity contribution in [2.45, 2.75) is 0 Å². The number of rotatable bonds is 3. The summed E-state index contributed by atoms with van der Waals surface area (Å²) in [7, 11) is 0. The summed E-state index contributed by atoms with van der Waals surface area (Å²) in [6, 6.07) is 22.2. The standard InChI is InChI=1S/C19H15NO2/c20-19(22)16-9-5-4-8-15(16)17-12-14(10-11-18(17)21)13-6-2-1-3-7-13/h1-12,21H,(H2,20,22). The molecule has 3 heteroatoms. The summed E-state index contributed by atoms with van der Waals surface area (Å²) in [5.41, 5.74) is 9.05. The Morgan fingerprint density at radius 3 is 2.18 bits per heavy atom. The van der Waals surface area contributed by atoms with Crippen LogP contribution in [0.1, 0.15) is 10.4 Å². The van der Waals surface area contributed by atoms with Crippen LogP contribution in [0.15, 0.2) is 72.8 Å². The highest BCUT2D eigenvalue weighted by molar-refractivity contribution is 6.00. The van der Waals surface area contributed by atoms with E-state index in [1.807, 2.05) is 48.5 Å². The molecule has 0 fully saturated rings. The van der Waals surface area contributed by atoms with E-state index >= 15 is 0 Å². The van der Waals surface area contributed by atoms with Gasteiger partial charge < -0.3 is 10.8 Å². The second kappa shape index (κ2) is 5.74. The van der Waals surface area contributed by atoms with E-state index in [-0.39, 0.29) is 5.75 Å². The van der Waals surface area contributed by atoms with Gasteiger partial charge in [-0.15, -0.1) is 0 Å². The van der Waals surface area contributed by atoms with Crippen LogP contribution >= 0.6 is 0 Å². The van der Waals surface area contributed by atoms with Crippen LogP contribution < -0.4 is 5.73 Å². The topological polar surface area (TPSA) is 63.3 Å². The van der Waals surface area contributed by atoms with Crippen molar-refractivity contribution in [2.75, 3.05) is 0 Å². The Hall–Kier alpha value is -3.07. The molecule has 0 unspecified atom stereocenters. The predicted molar refractivity (Wildman–Crippen MR) is 87.5 cm³/mol. The van der Waals surface area contributed by atoms with Crippen LogP contribution in [0.4, 0.5) is 0 Å². The molecule has 3 aromatic rings. The number of phenols is 1. The first-order valence-corrected chi connectivity index (χ1v) is 6.94. The number of nitrogens with two attached hydrogens (primary N) is 1. The molecular weight excluding hydrogens is 274 g/mol. The van der Waals surface area contributed by atoms with Gasteiger partial charge in [-0.05, 0) is 34.9 Å². The molecule has 0 aromatic heterocycles. The van der Waals surface area contributed by atoms with Crippen molar-refractivity contribution in [2.24, 2.45) is 5.73 Å². The first-order chi connectivity index (χ1) is 10.7. The number of hydrogen-bond donors (Lipinski definition) is 2. The molecule has 0 saturated carbocycles. The molecule has 0 spiro atoms. The van der Waals surface area contributed by atoms with Crippen molar-refractivity contribution >= 4 is 5.91 Å². The lowest BCUT2D eigenvalue weighted by molar-refractivity contribution is 0.100. The van der Waals surface area contributed by atoms with Gasteiger partial charge in [-0.2, -0.15) is 0 Å². The molecule has 0 aliphatic heterocycles. The molecule has 0 saturated heterocycles. The van der Waals surface area contributed by atoms with Gasteiger partial charge in [0.05, 0.1) is 0 Å². The van der Waals surface area contributed by atoms with Gasteiger partial charge in [0.1, 0.15) is 5.75 Å². The molecule has 0 bridgehead atoms. The fourth-order valence-corrected chi connectivity index (χ4v) is 2.49. The number of aromatic hydroxyl groups is 1. The Bertz CT molecular complexity index is 826. The van der Waals surface area contributed by atoms with Gasteiger partial charge in [0, 0.05) is 11.1 Å². The van der Waals surface area contributed by atoms with Gasteiger partial charge in [0.15, 0.2) is 0 Å². The van der Waals surface area contributed by atoms with Crippen molar-refractivity contribution in [3.05, 3.63) is 78.4 Å². The minimum Gasteiger partial charge on any atom is -0.507 e. The van der Waals surface area contributed by atoms with Crippen LogP contribution in [0.2, 0.25) is 0 Å². The first kappa shape index (κ1) is 13.9. The Morgan fingerprint density at radius 2 is 1.45 bits per heavy atom. The number of carbonyl (C=O) groups is 1. The lowest BCUT2D eigenvalue weighted by Gasteiger charge is -2.11. The maximum Gasteiger partial charge on any atom is 0.249 e. The summed E-state index contributed by atoms with van der Waals surface area (Å²) >= 11 is 0. The molecule has 3 nitrogen and oxygen atoms in total. The SMILES string of the molecule is NC(=O)c1ccccc1-c1cc(-c2ccccc2)ccc1O. The molecule has 0 aliphatic rings. The zero-order valence-corrected chi connectivity index (χ0v) is 11.9. The highest BCUT2D eigenvalue weighted by Gasteiger charge is 2.13. The van der Waals surface area contributed by atoms with Gasteiger partial charge >= 0.3 is 0 Å². The maximum atomic E-state index is 11.6. The van der Waals surface area contributed by atoms with E-state index in [0.717, 1.165) is 11.1 Å². The third-order valence-electron chi connectivity index (χ3n) is 3.59. The van der Waals surface area contributed by atoms with E-state index < -0.39 is 5.91 Å². The van der Waals surface area contributed by atoms with Crippen LogP contribution in [0, 0.1) is 0 Å². The fourth-order valence-electron chi connectivity index (χ4n) is 2.49. The third-order valence-corrected chi connectivity index (χ3v) is 3.59. The molecule has 0 aliphatic carbocycles. The summed E-state index contributed by atoms with van der Waals surface area (Å²) in [4.78, 5) is 11.6. The minimum absolute atomic E-state index is 0.119. The summed E-state index contributed by atoms with van der Waals surface area (Å²) < 4.78 is 0. The molecule has 1 amide bonds. The van der Waals surface area contributed by atoms with Crippen molar-refractivity contribution < 1.29 is 9.90 Å². The number of benzene rings is 3. The highest BCUT2D eigenvalue weighted by atomic mass is 16.3. The molecule has 108 valence electrons. The summed E-state index contributed by atoms with van der Waals surface area (Å²) in [5.74, 6) is -0.395. The zero-order valence-electron chi connectivity index (χ0n) is 11.9. The third kappa shape index (κ3) is 2.56. The lowest BCUT2D eigenvalue weighted by atomic mass is 9.95. The Kier molecular flexibility index (Phi) is 3.62. The van der Waals surface area contributed by atoms with E-state index in [4.69, 9.17) is 5.73 Å². The van der Waals surface area contributed by atoms with Crippen molar-refractivity contribution in [3.8, 4) is 28.0 Å². The van der Waals surface area contributed by atoms with Gasteiger partial charge in [-0.1, -0.05) is 54.6 Å². The van der Waals surface area contributed by atoms with E-state index in [1.54, 1.807) is 24.3 Å². The smallest absolute Gasteiger partial charge is 0.249 e. The van der Waals surface area contributed by atoms with Crippen LogP contribution in [0.25, 0.3) is 22.3 Å². The molecular formula is C19H15NO2. The molecule has 3 N–H and O–H groups in total. The van der Waals surface area contributed by atoms with E-state index in [2.05, 4.69) is 0 Å². The molecule has 0 heterocycles. The summed E-state index contributed by atoms with van der Waals surface area (Å²) in [6.07, 6.45) is 0. The second-order valence-corrected chi connectivity index (χ2v) is 5.01. The maximum absolute atomic E-state index is 11.6. The minimum atomic E-state index is -0.514. The van der Waals surface area contributed by atoms with Crippen LogP contribution in [-0.2, 0) is 0 Å². The van der Waals surface area contributed by atoms with Crippen molar-refractivity contribution in [1.29, 1.82) is 0 Å². The molecule has 0 atom stereocenters. The average Bonchev–Trinajstić information content (AvgIpc) is 2.56. The second-order valence-electron chi connectivity index (χ2n) is 5.01. The lowest BCUT2D eigenvalue weighted by Crippen LogP contribution is -2.12. The Balaban J connectivity index is 2.18. The van der Waals surface area contributed by atoms with Gasteiger partial charge in [0.25, 0.3) is 0 Å². The fraction of sp³-hybridized carbons (Fsp3) is 0. The number of hydrogen-bond acceptors (Lipinski definition) is 2. The molecule has 22 heavy (non-hydrogen) atoms. The van der Waals surface area contributed by atoms with E-state index in [9.17, 15) is 9.90 Å². The highest BCUT2D eigenvalue weighted by Crippen LogP contribution is 2.35. The van der Waals surface area contributed by atoms with E-state index in [0.29, 0.717) is 16.7 Å². The average molecular weight is 289 g/mol. The summed E-state index contributed by atoms with van der Waals surface area (Å²) in [5, 5.41) is 10.2. The Labute approximate surface area is 128 Å². The van der Waals surface area contributed by atoms with Crippen LogP contribution in [0.3, 0.4) is 0 Å². The van der Waals surface area contributed by atoms with Crippen LogP contribution in [0.5, 0.6) is 5.75 Å². The zero-order chi connectivity index (χ0) is 15.5. The number of phenolic OH excluding ortho intramolecular Hbond substituents is 1. The van der Waals surface area contributed by atoms with Gasteiger partial charge in [-0.25, -0.2) is 0 Å². The molecule has 3 rings (SSSR count). The summed E-state index contributed by atoms with van der Waals surface area (Å²) in [6.45, 7) is 0. The Morgan fingerprint density at radius 1 is 0.773 bits per heavy atom. The number of primary amides is 1. The first-order valence-electron chi connectivity index (χ1n) is 6.94. The molecule has 0 radical (unpaired) electrons. The largest absolute Gasteiger partial charge is 0.507 e. The van der Waals surface area contributed by atoms with Gasteiger partial charge in [0.2, 0.25) is 5.91 Å². The predicted octanol–water partition coefficient (Wildman–Crippen LogP) is 3.83. The van der Waals surface area contributed by atoms with Crippen LogP contribution in [-0.4, -0.2) is 11.0 Å². The van der Waals surface area contributed by atoms with Crippen molar-refractivity contribution in [3.63, 3.8) is 0 Å². The molecule has 3 aromatic carbocycles. The van der Waals surface area contributed by atoms with Crippen molar-refractivity contribution in [1.82, 2.24) is 0 Å². The quantitative estimate of drug-likeness (QED) is 0.769. The van der Waals surface area contributed by atoms with Gasteiger partial charge in [-0.3, -0.25) is 4.79 Å². The van der Waals surface area contributed by atoms with E-state index in [1.165, 1.54) is 0 Å². The number of carbonyl (C=O) groups excluding carboxylic acids is 1.